The first-order valence-corrected chi connectivity index (χ1v) is 15.5. The van der Waals surface area contributed by atoms with Crippen LogP contribution in [-0.2, 0) is 28.8 Å². The number of urea groups is 1. The average Bonchev–Trinajstić information content (AvgIpc) is 3.26. The minimum Gasteiger partial charge on any atom is -0.497 e. The van der Waals surface area contributed by atoms with E-state index in [1.54, 1.807) is 55.5 Å². The molecule has 1 aliphatic heterocycles. The summed E-state index contributed by atoms with van der Waals surface area (Å²) >= 11 is 0. The van der Waals surface area contributed by atoms with Gasteiger partial charge in [0.15, 0.2) is 0 Å². The lowest BCUT2D eigenvalue weighted by molar-refractivity contribution is -0.305. The molecule has 0 radical (unpaired) electrons. The highest BCUT2D eigenvalue weighted by atomic mass is 19.4. The van der Waals surface area contributed by atoms with Gasteiger partial charge in [0.1, 0.15) is 22.8 Å². The largest absolute Gasteiger partial charge is 0.497 e. The lowest BCUT2D eigenvalue weighted by Gasteiger charge is -2.30. The monoisotopic (exact) mass is 678 g/mol. The number of carbonyl (C=O) groups excluding carboxylic acids is 2. The highest BCUT2D eigenvalue weighted by molar-refractivity contribution is 6.07. The van der Waals surface area contributed by atoms with Crippen molar-refractivity contribution in [2.75, 3.05) is 20.3 Å². The van der Waals surface area contributed by atoms with Gasteiger partial charge in [0, 0.05) is 6.54 Å². The summed E-state index contributed by atoms with van der Waals surface area (Å²) in [6, 6.07) is 16.2. The quantitative estimate of drug-likeness (QED) is 0.103. The van der Waals surface area contributed by atoms with Gasteiger partial charge in [-0.1, -0.05) is 30.3 Å². The highest BCUT2D eigenvalue weighted by Crippen LogP contribution is 2.44. The second-order valence-electron chi connectivity index (χ2n) is 12.0. The zero-order chi connectivity index (χ0) is 35.3. The first kappa shape index (κ1) is 36.4. The number of amides is 3. The van der Waals surface area contributed by atoms with Crippen molar-refractivity contribution in [2.24, 2.45) is 0 Å². The molecule has 0 spiro atoms. The fourth-order valence-electron chi connectivity index (χ4n) is 5.43. The molecule has 3 aromatic rings. The number of imide groups is 1. The maximum absolute atomic E-state index is 13.6. The van der Waals surface area contributed by atoms with Gasteiger partial charge in [-0.05, 0) is 105 Å². The Morgan fingerprint density at radius 2 is 1.56 bits per heavy atom. The summed E-state index contributed by atoms with van der Waals surface area (Å²) in [7, 11) is 1.51. The van der Waals surface area contributed by atoms with Crippen molar-refractivity contribution in [3.05, 3.63) is 89.0 Å². The van der Waals surface area contributed by atoms with Gasteiger partial charge in [0.2, 0.25) is 5.60 Å². The van der Waals surface area contributed by atoms with Crippen LogP contribution in [0.1, 0.15) is 55.9 Å². The summed E-state index contributed by atoms with van der Waals surface area (Å²) in [5.74, 6) is 0.993. The van der Waals surface area contributed by atoms with E-state index < -0.39 is 41.2 Å². The third-order valence-electron chi connectivity index (χ3n) is 8.20. The Kier molecular flexibility index (Phi) is 11.2. The first-order valence-electron chi connectivity index (χ1n) is 15.5. The number of halogens is 5. The highest BCUT2D eigenvalue weighted by Gasteiger charge is 2.61. The van der Waals surface area contributed by atoms with E-state index in [2.05, 4.69) is 5.32 Å². The standard InChI is InChI=1S/C35H39F5N2O6/c1-22(2)48-28-16-11-25(12-17-28)33(3)31(43)42(32(44)41-33)19-5-6-20-47-29-18-13-26(34(45,30(36)37)35(38,39)40)21-24(29)10-7-23-8-14-27(46-4)15-9-23/h8-9,11-18,21-22,30,45H,5-7,10,19-20H2,1-4H3,(H,41,44). The second kappa shape index (κ2) is 14.8. The van der Waals surface area contributed by atoms with Gasteiger partial charge in [0.05, 0.1) is 19.8 Å². The molecule has 260 valence electrons. The number of unbranched alkanes of at least 4 members (excludes halogenated alkanes) is 1. The Bertz CT molecular complexity index is 1570. The number of alkyl halides is 5. The molecule has 2 N–H and O–H groups in total. The first-order chi connectivity index (χ1) is 22.6. The molecule has 1 saturated heterocycles. The lowest BCUT2D eigenvalue weighted by atomic mass is 9.90. The van der Waals surface area contributed by atoms with Crippen LogP contribution in [0.2, 0.25) is 0 Å². The number of hydrogen-bond donors (Lipinski definition) is 2. The lowest BCUT2D eigenvalue weighted by Crippen LogP contribution is -2.48. The Labute approximate surface area is 275 Å². The Balaban J connectivity index is 1.42. The van der Waals surface area contributed by atoms with E-state index in [-0.39, 0.29) is 37.0 Å². The fourth-order valence-corrected chi connectivity index (χ4v) is 5.43. The maximum Gasteiger partial charge on any atom is 0.427 e. The fraction of sp³-hybridized carbons (Fsp3) is 0.429. The Hall–Kier alpha value is -4.39. The third-order valence-corrected chi connectivity index (χ3v) is 8.20. The molecule has 0 bridgehead atoms. The summed E-state index contributed by atoms with van der Waals surface area (Å²) < 4.78 is 84.8. The van der Waals surface area contributed by atoms with Crippen LogP contribution in [0.5, 0.6) is 17.2 Å². The van der Waals surface area contributed by atoms with Crippen LogP contribution in [0.3, 0.4) is 0 Å². The number of hydrogen-bond acceptors (Lipinski definition) is 6. The summed E-state index contributed by atoms with van der Waals surface area (Å²) in [4.78, 5) is 27.2. The zero-order valence-electron chi connectivity index (χ0n) is 27.1. The van der Waals surface area contributed by atoms with Crippen LogP contribution < -0.4 is 19.5 Å². The molecule has 48 heavy (non-hydrogen) atoms. The normalized spacial score (nSPS) is 17.9. The molecule has 1 fully saturated rings. The van der Waals surface area contributed by atoms with Crippen LogP contribution >= 0.6 is 0 Å². The number of rotatable bonds is 15. The minimum atomic E-state index is -5.63. The third kappa shape index (κ3) is 7.83. The molecule has 1 aliphatic rings. The molecule has 0 aromatic heterocycles. The average molecular weight is 679 g/mol. The number of ether oxygens (including phenoxy) is 3. The number of methoxy groups -OCH3 is 1. The van der Waals surface area contributed by atoms with Crippen LogP contribution in [0.25, 0.3) is 0 Å². The molecule has 8 nitrogen and oxygen atoms in total. The molecule has 2 unspecified atom stereocenters. The molecule has 2 atom stereocenters. The van der Waals surface area contributed by atoms with Crippen molar-refractivity contribution in [1.82, 2.24) is 10.2 Å². The second-order valence-corrected chi connectivity index (χ2v) is 12.0. The summed E-state index contributed by atoms with van der Waals surface area (Å²) in [5, 5.41) is 12.9. The van der Waals surface area contributed by atoms with Crippen LogP contribution in [0.4, 0.5) is 26.7 Å². The van der Waals surface area contributed by atoms with E-state index in [0.717, 1.165) is 28.7 Å². The van der Waals surface area contributed by atoms with Crippen molar-refractivity contribution in [3.8, 4) is 17.2 Å². The van der Waals surface area contributed by atoms with Crippen molar-refractivity contribution >= 4 is 11.9 Å². The Morgan fingerprint density at radius 3 is 2.15 bits per heavy atom. The topological polar surface area (TPSA) is 97.3 Å². The molecule has 4 rings (SSSR count). The van der Waals surface area contributed by atoms with Gasteiger partial charge in [-0.15, -0.1) is 0 Å². The van der Waals surface area contributed by atoms with E-state index in [9.17, 15) is 36.6 Å². The van der Waals surface area contributed by atoms with Crippen LogP contribution in [-0.4, -0.2) is 60.9 Å². The molecule has 13 heteroatoms. The van der Waals surface area contributed by atoms with Crippen molar-refractivity contribution in [1.29, 1.82) is 0 Å². The number of carbonyl (C=O) groups is 2. The molecule has 3 aromatic carbocycles. The summed E-state index contributed by atoms with van der Waals surface area (Å²) in [5.41, 5.74) is -5.01. The molecular formula is C35H39F5N2O6. The van der Waals surface area contributed by atoms with Crippen LogP contribution in [0, 0.1) is 0 Å². The van der Waals surface area contributed by atoms with Crippen molar-refractivity contribution < 1.29 is 50.9 Å². The molecule has 1 heterocycles. The summed E-state index contributed by atoms with van der Waals surface area (Å²) in [6.45, 7) is 5.57. The van der Waals surface area contributed by atoms with Gasteiger partial charge >= 0.3 is 12.2 Å². The maximum atomic E-state index is 13.6. The SMILES string of the molecule is COc1ccc(CCc2cc(C(O)(C(F)F)C(F)(F)F)ccc2OCCCCN2C(=O)NC(C)(c3ccc(OC(C)C)cc3)C2=O)cc1. The van der Waals surface area contributed by atoms with E-state index in [0.29, 0.717) is 36.3 Å². The van der Waals surface area contributed by atoms with E-state index in [1.165, 1.54) is 7.11 Å². The zero-order valence-corrected chi connectivity index (χ0v) is 27.1. The van der Waals surface area contributed by atoms with Crippen molar-refractivity contribution in [3.63, 3.8) is 0 Å². The van der Waals surface area contributed by atoms with E-state index >= 15 is 0 Å². The smallest absolute Gasteiger partial charge is 0.427 e. The Morgan fingerprint density at radius 1 is 0.917 bits per heavy atom. The van der Waals surface area contributed by atoms with Gasteiger partial charge in [-0.25, -0.2) is 13.6 Å². The minimum absolute atomic E-state index is 0.0242. The number of benzene rings is 3. The van der Waals surface area contributed by atoms with Gasteiger partial charge in [0.25, 0.3) is 12.3 Å². The van der Waals surface area contributed by atoms with Gasteiger partial charge < -0.3 is 24.6 Å². The van der Waals surface area contributed by atoms with E-state index in [4.69, 9.17) is 14.2 Å². The van der Waals surface area contributed by atoms with E-state index in [1.807, 2.05) is 13.8 Å². The predicted molar refractivity (Wildman–Crippen MR) is 167 cm³/mol. The molecular weight excluding hydrogens is 639 g/mol. The predicted octanol–water partition coefficient (Wildman–Crippen LogP) is 6.91. The number of nitrogens with one attached hydrogen (secondary N) is 1. The number of aryl methyl sites for hydroxylation is 2. The number of aliphatic hydroxyl groups is 1. The number of nitrogens with zero attached hydrogens (tertiary/aromatic N) is 1. The van der Waals surface area contributed by atoms with Gasteiger partial charge in [-0.3, -0.25) is 9.69 Å². The van der Waals surface area contributed by atoms with Crippen molar-refractivity contribution in [2.45, 2.75) is 76.3 Å². The summed E-state index contributed by atoms with van der Waals surface area (Å²) in [6.07, 6.45) is -8.60. The molecule has 3 amide bonds. The molecule has 0 saturated carbocycles. The molecule has 0 aliphatic carbocycles. The van der Waals surface area contributed by atoms with Crippen LogP contribution in [0.15, 0.2) is 66.7 Å². The van der Waals surface area contributed by atoms with Gasteiger partial charge in [-0.2, -0.15) is 13.2 Å².